The number of piperidine rings is 1. The predicted octanol–water partition coefficient (Wildman–Crippen LogP) is 3.08. The normalized spacial score (nSPS) is 22.6. The van der Waals surface area contributed by atoms with Crippen molar-refractivity contribution in [1.82, 2.24) is 4.90 Å². The predicted molar refractivity (Wildman–Crippen MR) is 79.8 cm³/mol. The van der Waals surface area contributed by atoms with E-state index in [9.17, 15) is 14.7 Å². The summed E-state index contributed by atoms with van der Waals surface area (Å²) >= 11 is 3.41. The van der Waals surface area contributed by atoms with Crippen molar-refractivity contribution >= 4 is 27.8 Å². The van der Waals surface area contributed by atoms with Crippen LogP contribution in [0.25, 0.3) is 0 Å². The molecular formula is C15H18BrNO3. The second-order valence-corrected chi connectivity index (χ2v) is 6.51. The molecule has 0 radical (unpaired) electrons. The number of benzene rings is 1. The van der Waals surface area contributed by atoms with Crippen molar-refractivity contribution in [3.63, 3.8) is 0 Å². The number of halogens is 1. The highest BCUT2D eigenvalue weighted by atomic mass is 79.9. The Labute approximate surface area is 126 Å². The zero-order valence-electron chi connectivity index (χ0n) is 11.6. The van der Waals surface area contributed by atoms with Gasteiger partial charge in [-0.25, -0.2) is 0 Å². The third-order valence-electron chi connectivity index (χ3n) is 3.90. The number of likely N-dealkylation sites (tertiary alicyclic amines) is 1. The van der Waals surface area contributed by atoms with E-state index in [1.54, 1.807) is 17.9 Å². The maximum atomic E-state index is 12.5. The number of amides is 1. The van der Waals surface area contributed by atoms with Crippen LogP contribution in [0.2, 0.25) is 0 Å². The molecule has 5 heteroatoms. The lowest BCUT2D eigenvalue weighted by Gasteiger charge is -2.37. The largest absolute Gasteiger partial charge is 0.481 e. The van der Waals surface area contributed by atoms with Crippen LogP contribution < -0.4 is 0 Å². The first-order chi connectivity index (χ1) is 9.33. The number of aliphatic carboxylic acids is 1. The van der Waals surface area contributed by atoms with Crippen molar-refractivity contribution in [2.75, 3.05) is 13.1 Å². The van der Waals surface area contributed by atoms with Crippen LogP contribution in [0, 0.1) is 12.3 Å². The summed E-state index contributed by atoms with van der Waals surface area (Å²) in [6.45, 7) is 4.53. The molecule has 1 aliphatic heterocycles. The van der Waals surface area contributed by atoms with Gasteiger partial charge in [0.05, 0.1) is 5.41 Å². The van der Waals surface area contributed by atoms with E-state index in [1.165, 1.54) is 0 Å². The second kappa shape index (κ2) is 5.56. The van der Waals surface area contributed by atoms with Crippen LogP contribution in [0.1, 0.15) is 35.7 Å². The lowest BCUT2D eigenvalue weighted by atomic mass is 9.82. The van der Waals surface area contributed by atoms with E-state index in [0.717, 1.165) is 16.5 Å². The minimum Gasteiger partial charge on any atom is -0.481 e. The third-order valence-corrected chi connectivity index (χ3v) is 4.79. The highest BCUT2D eigenvalue weighted by Crippen LogP contribution is 2.30. The van der Waals surface area contributed by atoms with Crippen LogP contribution in [0.4, 0.5) is 0 Å². The van der Waals surface area contributed by atoms with E-state index in [2.05, 4.69) is 15.9 Å². The molecule has 4 nitrogen and oxygen atoms in total. The standard InChI is InChI=1S/C15H18BrNO3/c1-10-8-11(4-5-12(10)16)13(18)17-7-3-6-15(2,9-17)14(19)20/h4-5,8H,3,6-7,9H2,1-2H3,(H,19,20). The molecule has 108 valence electrons. The molecule has 1 heterocycles. The summed E-state index contributed by atoms with van der Waals surface area (Å²) in [5.41, 5.74) is 0.771. The van der Waals surface area contributed by atoms with Gasteiger partial charge in [0, 0.05) is 23.1 Å². The van der Waals surface area contributed by atoms with Crippen LogP contribution >= 0.6 is 15.9 Å². The molecule has 0 aliphatic carbocycles. The maximum Gasteiger partial charge on any atom is 0.311 e. The summed E-state index contributed by atoms with van der Waals surface area (Å²) in [7, 11) is 0. The molecule has 0 bridgehead atoms. The van der Waals surface area contributed by atoms with Gasteiger partial charge in [-0.3, -0.25) is 9.59 Å². The number of carbonyl (C=O) groups is 2. The molecule has 1 aromatic carbocycles. The van der Waals surface area contributed by atoms with Gasteiger partial charge in [0.2, 0.25) is 0 Å². The first kappa shape index (κ1) is 15.0. The smallest absolute Gasteiger partial charge is 0.311 e. The molecule has 1 fully saturated rings. The van der Waals surface area contributed by atoms with Gasteiger partial charge in [-0.15, -0.1) is 0 Å². The minimum absolute atomic E-state index is 0.0900. The van der Waals surface area contributed by atoms with Crippen LogP contribution in [0.5, 0.6) is 0 Å². The van der Waals surface area contributed by atoms with Crippen molar-refractivity contribution in [1.29, 1.82) is 0 Å². The number of rotatable bonds is 2. The molecule has 1 amide bonds. The third kappa shape index (κ3) is 2.87. The Kier molecular flexibility index (Phi) is 4.18. The molecule has 0 spiro atoms. The second-order valence-electron chi connectivity index (χ2n) is 5.66. The van der Waals surface area contributed by atoms with Crippen LogP contribution in [0.15, 0.2) is 22.7 Å². The topological polar surface area (TPSA) is 57.6 Å². The molecule has 1 atom stereocenters. The number of hydrogen-bond acceptors (Lipinski definition) is 2. The first-order valence-corrected chi connectivity index (χ1v) is 7.42. The zero-order valence-corrected chi connectivity index (χ0v) is 13.2. The van der Waals surface area contributed by atoms with Crippen molar-refractivity contribution in [2.24, 2.45) is 5.41 Å². The van der Waals surface area contributed by atoms with E-state index in [1.807, 2.05) is 19.1 Å². The number of hydrogen-bond donors (Lipinski definition) is 1. The van der Waals surface area contributed by atoms with E-state index >= 15 is 0 Å². The summed E-state index contributed by atoms with van der Waals surface area (Å²) in [6, 6.07) is 5.45. The Hall–Kier alpha value is -1.36. The Morgan fingerprint density at radius 1 is 1.40 bits per heavy atom. The Morgan fingerprint density at radius 2 is 2.10 bits per heavy atom. The quantitative estimate of drug-likeness (QED) is 0.900. The van der Waals surface area contributed by atoms with Gasteiger partial charge in [-0.05, 0) is 50.5 Å². The average Bonchev–Trinajstić information content (AvgIpc) is 2.41. The van der Waals surface area contributed by atoms with Gasteiger partial charge in [0.1, 0.15) is 0 Å². The maximum absolute atomic E-state index is 12.5. The molecule has 2 rings (SSSR count). The Balaban J connectivity index is 2.20. The number of carboxylic acid groups (broad SMARTS) is 1. The average molecular weight is 340 g/mol. The Morgan fingerprint density at radius 3 is 2.70 bits per heavy atom. The van der Waals surface area contributed by atoms with Crippen molar-refractivity contribution in [3.8, 4) is 0 Å². The lowest BCUT2D eigenvalue weighted by molar-refractivity contribution is -0.150. The monoisotopic (exact) mass is 339 g/mol. The van der Waals surface area contributed by atoms with E-state index in [-0.39, 0.29) is 12.5 Å². The van der Waals surface area contributed by atoms with Gasteiger partial charge in [-0.1, -0.05) is 15.9 Å². The molecule has 1 aromatic rings. The van der Waals surface area contributed by atoms with Gasteiger partial charge < -0.3 is 10.0 Å². The van der Waals surface area contributed by atoms with Crippen molar-refractivity contribution in [3.05, 3.63) is 33.8 Å². The molecule has 1 unspecified atom stereocenters. The summed E-state index contributed by atoms with van der Waals surface area (Å²) < 4.78 is 0.961. The first-order valence-electron chi connectivity index (χ1n) is 6.62. The molecule has 0 aromatic heterocycles. The van der Waals surface area contributed by atoms with Crippen LogP contribution in [-0.2, 0) is 4.79 Å². The number of carbonyl (C=O) groups excluding carboxylic acids is 1. The Bertz CT molecular complexity index is 558. The highest BCUT2D eigenvalue weighted by Gasteiger charge is 2.39. The van der Waals surface area contributed by atoms with E-state index in [4.69, 9.17) is 0 Å². The van der Waals surface area contributed by atoms with Gasteiger partial charge in [0.15, 0.2) is 0 Å². The SMILES string of the molecule is Cc1cc(C(=O)N2CCCC(C)(C(=O)O)C2)ccc1Br. The van der Waals surface area contributed by atoms with Gasteiger partial charge >= 0.3 is 5.97 Å². The fraction of sp³-hybridized carbons (Fsp3) is 0.467. The number of nitrogens with zero attached hydrogens (tertiary/aromatic N) is 1. The fourth-order valence-electron chi connectivity index (χ4n) is 2.55. The van der Waals surface area contributed by atoms with Crippen molar-refractivity contribution < 1.29 is 14.7 Å². The molecule has 20 heavy (non-hydrogen) atoms. The number of carboxylic acids is 1. The summed E-state index contributed by atoms with van der Waals surface area (Å²) in [5.74, 6) is -0.922. The molecular weight excluding hydrogens is 322 g/mol. The lowest BCUT2D eigenvalue weighted by Crippen LogP contribution is -2.48. The van der Waals surface area contributed by atoms with Crippen LogP contribution in [0.3, 0.4) is 0 Å². The van der Waals surface area contributed by atoms with Crippen molar-refractivity contribution in [2.45, 2.75) is 26.7 Å². The summed E-state index contributed by atoms with van der Waals surface area (Å²) in [6.07, 6.45) is 1.34. The fourth-order valence-corrected chi connectivity index (χ4v) is 2.79. The number of aryl methyl sites for hydroxylation is 1. The van der Waals surface area contributed by atoms with Gasteiger partial charge in [0.25, 0.3) is 5.91 Å². The summed E-state index contributed by atoms with van der Waals surface area (Å²) in [4.78, 5) is 25.5. The molecule has 1 saturated heterocycles. The van der Waals surface area contributed by atoms with E-state index in [0.29, 0.717) is 18.5 Å². The van der Waals surface area contributed by atoms with Crippen LogP contribution in [-0.4, -0.2) is 35.0 Å². The molecule has 1 N–H and O–H groups in total. The molecule has 1 aliphatic rings. The summed E-state index contributed by atoms with van der Waals surface area (Å²) in [5, 5.41) is 9.30. The van der Waals surface area contributed by atoms with Gasteiger partial charge in [-0.2, -0.15) is 0 Å². The molecule has 0 saturated carbocycles. The van der Waals surface area contributed by atoms with E-state index < -0.39 is 11.4 Å². The zero-order chi connectivity index (χ0) is 14.9. The minimum atomic E-state index is -0.835. The highest BCUT2D eigenvalue weighted by molar-refractivity contribution is 9.10.